The van der Waals surface area contributed by atoms with E-state index in [4.69, 9.17) is 0 Å². The predicted molar refractivity (Wildman–Crippen MR) is 66.5 cm³/mol. The Morgan fingerprint density at radius 2 is 2.13 bits per heavy atom. The van der Waals surface area contributed by atoms with Crippen LogP contribution in [0.3, 0.4) is 0 Å². The number of halogens is 1. The van der Waals surface area contributed by atoms with Crippen LogP contribution < -0.4 is 5.32 Å². The maximum Gasteiger partial charge on any atom is 0.0638 e. The van der Waals surface area contributed by atoms with E-state index < -0.39 is 0 Å². The predicted octanol–water partition coefficient (Wildman–Crippen LogP) is 2.52. The van der Waals surface area contributed by atoms with E-state index >= 15 is 0 Å². The Bertz CT molecular complexity index is 271. The lowest BCUT2D eigenvalue weighted by atomic mass is 10.2. The Kier molecular flexibility index (Phi) is 7.44. The third-order valence-electron chi connectivity index (χ3n) is 2.39. The number of rotatable bonds is 6. The zero-order valence-electron chi connectivity index (χ0n) is 9.92. The van der Waals surface area contributed by atoms with Gasteiger partial charge in [-0.25, -0.2) is 0 Å². The molecule has 0 aliphatic rings. The summed E-state index contributed by atoms with van der Waals surface area (Å²) in [7, 11) is 0. The fraction of sp³-hybridized carbons (Fsp3) is 0.727. The minimum absolute atomic E-state index is 0. The van der Waals surface area contributed by atoms with Crippen molar-refractivity contribution in [1.82, 2.24) is 15.1 Å². The van der Waals surface area contributed by atoms with E-state index in [1.165, 1.54) is 18.4 Å². The maximum absolute atomic E-state index is 4.40. The van der Waals surface area contributed by atoms with Gasteiger partial charge >= 0.3 is 0 Å². The van der Waals surface area contributed by atoms with Crippen molar-refractivity contribution in [1.29, 1.82) is 0 Å². The standard InChI is InChI=1S/C11H21N3.ClH/c1-4-6-7-12-8-11-9-14(5-2)13-10(11)3;/h9,12H,4-8H2,1-3H3;1H. The second-order valence-electron chi connectivity index (χ2n) is 3.63. The topological polar surface area (TPSA) is 29.9 Å². The van der Waals surface area contributed by atoms with Gasteiger partial charge in [-0.1, -0.05) is 13.3 Å². The molecule has 0 amide bonds. The largest absolute Gasteiger partial charge is 0.313 e. The highest BCUT2D eigenvalue weighted by Gasteiger charge is 2.02. The zero-order valence-corrected chi connectivity index (χ0v) is 10.7. The van der Waals surface area contributed by atoms with Crippen LogP contribution in [-0.2, 0) is 13.1 Å². The Hall–Kier alpha value is -0.540. The van der Waals surface area contributed by atoms with Gasteiger partial charge in [0.2, 0.25) is 0 Å². The molecule has 0 aromatic carbocycles. The molecule has 0 aliphatic carbocycles. The molecular formula is C11H22ClN3. The van der Waals surface area contributed by atoms with Crippen molar-refractivity contribution in [3.8, 4) is 0 Å². The van der Waals surface area contributed by atoms with Gasteiger partial charge in [-0.3, -0.25) is 4.68 Å². The monoisotopic (exact) mass is 231 g/mol. The number of aromatic nitrogens is 2. The first-order valence-electron chi connectivity index (χ1n) is 5.51. The van der Waals surface area contributed by atoms with Crippen LogP contribution in [0.2, 0.25) is 0 Å². The number of unbranched alkanes of at least 4 members (excludes halogenated alkanes) is 1. The summed E-state index contributed by atoms with van der Waals surface area (Å²) >= 11 is 0. The number of nitrogens with one attached hydrogen (secondary N) is 1. The van der Waals surface area contributed by atoms with Crippen LogP contribution >= 0.6 is 12.4 Å². The second-order valence-corrected chi connectivity index (χ2v) is 3.63. The van der Waals surface area contributed by atoms with Crippen molar-refractivity contribution in [3.63, 3.8) is 0 Å². The third kappa shape index (κ3) is 4.67. The molecule has 1 rings (SSSR count). The minimum Gasteiger partial charge on any atom is -0.313 e. The van der Waals surface area contributed by atoms with E-state index in [1.807, 2.05) is 4.68 Å². The summed E-state index contributed by atoms with van der Waals surface area (Å²) in [6, 6.07) is 0. The van der Waals surface area contributed by atoms with Crippen molar-refractivity contribution in [2.75, 3.05) is 6.54 Å². The average Bonchev–Trinajstić information content (AvgIpc) is 2.54. The van der Waals surface area contributed by atoms with E-state index in [9.17, 15) is 0 Å². The van der Waals surface area contributed by atoms with Crippen molar-refractivity contribution < 1.29 is 0 Å². The van der Waals surface area contributed by atoms with E-state index in [1.54, 1.807) is 0 Å². The molecule has 88 valence electrons. The number of nitrogens with zero attached hydrogens (tertiary/aromatic N) is 2. The van der Waals surface area contributed by atoms with Gasteiger partial charge in [0.15, 0.2) is 0 Å². The molecule has 0 saturated carbocycles. The van der Waals surface area contributed by atoms with Gasteiger partial charge in [-0.15, -0.1) is 12.4 Å². The molecule has 1 heterocycles. The molecule has 15 heavy (non-hydrogen) atoms. The molecule has 0 atom stereocenters. The van der Waals surface area contributed by atoms with Gasteiger partial charge in [0, 0.05) is 24.8 Å². The third-order valence-corrected chi connectivity index (χ3v) is 2.39. The lowest BCUT2D eigenvalue weighted by Gasteiger charge is -2.01. The smallest absolute Gasteiger partial charge is 0.0638 e. The highest BCUT2D eigenvalue weighted by Crippen LogP contribution is 2.04. The number of hydrogen-bond donors (Lipinski definition) is 1. The highest BCUT2D eigenvalue weighted by molar-refractivity contribution is 5.85. The fourth-order valence-electron chi connectivity index (χ4n) is 1.42. The fourth-order valence-corrected chi connectivity index (χ4v) is 1.42. The van der Waals surface area contributed by atoms with Crippen LogP contribution in [0.4, 0.5) is 0 Å². The minimum atomic E-state index is 0. The normalized spacial score (nSPS) is 10.1. The molecule has 0 unspecified atom stereocenters. The summed E-state index contributed by atoms with van der Waals surface area (Å²) in [5.74, 6) is 0. The molecule has 0 spiro atoms. The summed E-state index contributed by atoms with van der Waals surface area (Å²) in [6.45, 7) is 9.40. The number of aryl methyl sites for hydroxylation is 2. The SMILES string of the molecule is CCCCNCc1cn(CC)nc1C.Cl. The van der Waals surface area contributed by atoms with Crippen LogP contribution in [0.1, 0.15) is 37.9 Å². The van der Waals surface area contributed by atoms with E-state index in [0.717, 1.165) is 25.3 Å². The summed E-state index contributed by atoms with van der Waals surface area (Å²) in [5.41, 5.74) is 2.47. The summed E-state index contributed by atoms with van der Waals surface area (Å²) in [4.78, 5) is 0. The van der Waals surface area contributed by atoms with Crippen LogP contribution in [-0.4, -0.2) is 16.3 Å². The molecule has 1 aromatic heterocycles. The average molecular weight is 232 g/mol. The molecule has 1 aromatic rings. The van der Waals surface area contributed by atoms with Gasteiger partial charge in [0.1, 0.15) is 0 Å². The molecule has 0 saturated heterocycles. The van der Waals surface area contributed by atoms with E-state index in [2.05, 4.69) is 37.4 Å². The molecule has 0 bridgehead atoms. The first-order valence-corrected chi connectivity index (χ1v) is 5.51. The summed E-state index contributed by atoms with van der Waals surface area (Å²) in [6.07, 6.45) is 4.63. The molecule has 4 heteroatoms. The molecule has 0 aliphatic heterocycles. The van der Waals surface area contributed by atoms with E-state index in [0.29, 0.717) is 0 Å². The first kappa shape index (κ1) is 14.5. The van der Waals surface area contributed by atoms with Gasteiger partial charge < -0.3 is 5.32 Å². The Morgan fingerprint density at radius 1 is 1.40 bits per heavy atom. The van der Waals surface area contributed by atoms with Crippen LogP contribution in [0.25, 0.3) is 0 Å². The molecule has 0 fully saturated rings. The van der Waals surface area contributed by atoms with Crippen molar-refractivity contribution in [3.05, 3.63) is 17.5 Å². The van der Waals surface area contributed by atoms with Gasteiger partial charge in [0.25, 0.3) is 0 Å². The number of hydrogen-bond acceptors (Lipinski definition) is 2. The summed E-state index contributed by atoms with van der Waals surface area (Å²) < 4.78 is 1.99. The molecule has 3 nitrogen and oxygen atoms in total. The highest BCUT2D eigenvalue weighted by atomic mass is 35.5. The zero-order chi connectivity index (χ0) is 10.4. The summed E-state index contributed by atoms with van der Waals surface area (Å²) in [5, 5.41) is 7.83. The van der Waals surface area contributed by atoms with E-state index in [-0.39, 0.29) is 12.4 Å². The van der Waals surface area contributed by atoms with Crippen molar-refractivity contribution >= 4 is 12.4 Å². The maximum atomic E-state index is 4.40. The lowest BCUT2D eigenvalue weighted by Crippen LogP contribution is -2.14. The van der Waals surface area contributed by atoms with Gasteiger partial charge in [-0.05, 0) is 26.8 Å². The van der Waals surface area contributed by atoms with Crippen LogP contribution in [0.15, 0.2) is 6.20 Å². The first-order chi connectivity index (χ1) is 6.77. The van der Waals surface area contributed by atoms with Crippen molar-refractivity contribution in [2.24, 2.45) is 0 Å². The molecule has 0 radical (unpaired) electrons. The Labute approximate surface area is 98.7 Å². The quantitative estimate of drug-likeness (QED) is 0.763. The van der Waals surface area contributed by atoms with Gasteiger partial charge in [0.05, 0.1) is 5.69 Å². The van der Waals surface area contributed by atoms with Crippen molar-refractivity contribution in [2.45, 2.75) is 46.7 Å². The van der Waals surface area contributed by atoms with Crippen LogP contribution in [0, 0.1) is 6.92 Å². The van der Waals surface area contributed by atoms with Gasteiger partial charge in [-0.2, -0.15) is 5.10 Å². The molecular weight excluding hydrogens is 210 g/mol. The molecule has 1 N–H and O–H groups in total. The Balaban J connectivity index is 0.00000196. The second kappa shape index (κ2) is 7.71. The van der Waals surface area contributed by atoms with Crippen LogP contribution in [0.5, 0.6) is 0 Å². The lowest BCUT2D eigenvalue weighted by molar-refractivity contribution is 0.637. The Morgan fingerprint density at radius 3 is 2.67 bits per heavy atom.